The summed E-state index contributed by atoms with van der Waals surface area (Å²) in [5, 5.41) is 11.0. The zero-order valence-electron chi connectivity index (χ0n) is 11.5. The highest BCUT2D eigenvalue weighted by Crippen LogP contribution is 2.33. The van der Waals surface area contributed by atoms with E-state index < -0.39 is 11.7 Å². The molecule has 3 heterocycles. The van der Waals surface area contributed by atoms with Crippen molar-refractivity contribution >= 4 is 51.1 Å². The van der Waals surface area contributed by atoms with Crippen molar-refractivity contribution in [2.24, 2.45) is 0 Å². The average Bonchev–Trinajstić information content (AvgIpc) is 3.06. The quantitative estimate of drug-likeness (QED) is 0.568. The van der Waals surface area contributed by atoms with Crippen LogP contribution in [0, 0.1) is 11.3 Å². The summed E-state index contributed by atoms with van der Waals surface area (Å²) in [5.41, 5.74) is -0.657. The average molecular weight is 389 g/mol. The Balaban J connectivity index is 2.11. The van der Waals surface area contributed by atoms with E-state index in [1.54, 1.807) is 16.0 Å². The van der Waals surface area contributed by atoms with Gasteiger partial charge in [-0.3, -0.25) is 9.38 Å². The molecular formula is C14H5Cl2F3N4S. The standard InChI is InChI=1S/C14H5Cl2F3N4S/c15-9-4-8(14(17,18)19)6-21-11(9)7(5-20)3-10-12(16)22-13-23(10)1-2-24-13/h1-4,6H. The van der Waals surface area contributed by atoms with Crippen molar-refractivity contribution in [2.75, 3.05) is 0 Å². The van der Waals surface area contributed by atoms with Gasteiger partial charge in [0.15, 0.2) is 10.1 Å². The molecule has 0 saturated heterocycles. The van der Waals surface area contributed by atoms with Crippen LogP contribution in [0.2, 0.25) is 10.2 Å². The third kappa shape index (κ3) is 2.98. The number of hydrogen-bond acceptors (Lipinski definition) is 4. The van der Waals surface area contributed by atoms with Crippen molar-refractivity contribution in [3.63, 3.8) is 0 Å². The fourth-order valence-electron chi connectivity index (χ4n) is 1.99. The number of thiazole rings is 1. The topological polar surface area (TPSA) is 54.0 Å². The number of hydrogen-bond donors (Lipinski definition) is 0. The lowest BCUT2D eigenvalue weighted by Crippen LogP contribution is -2.06. The van der Waals surface area contributed by atoms with Gasteiger partial charge in [0.1, 0.15) is 6.07 Å². The molecule has 0 saturated carbocycles. The van der Waals surface area contributed by atoms with Crippen LogP contribution in [0.4, 0.5) is 13.2 Å². The smallest absolute Gasteiger partial charge is 0.289 e. The lowest BCUT2D eigenvalue weighted by molar-refractivity contribution is -0.137. The largest absolute Gasteiger partial charge is 0.417 e. The molecule has 0 spiro atoms. The Hall–Kier alpha value is -2.08. The van der Waals surface area contributed by atoms with Crippen molar-refractivity contribution in [3.8, 4) is 6.07 Å². The van der Waals surface area contributed by atoms with Crippen molar-refractivity contribution in [2.45, 2.75) is 6.18 Å². The molecule has 0 aromatic carbocycles. The fraction of sp³-hybridized carbons (Fsp3) is 0.0714. The highest BCUT2D eigenvalue weighted by Gasteiger charge is 2.31. The summed E-state index contributed by atoms with van der Waals surface area (Å²) in [5.74, 6) is 0. The van der Waals surface area contributed by atoms with Crippen LogP contribution in [-0.4, -0.2) is 14.4 Å². The summed E-state index contributed by atoms with van der Waals surface area (Å²) in [6.45, 7) is 0. The molecule has 0 amide bonds. The second kappa shape index (κ2) is 6.09. The van der Waals surface area contributed by atoms with Crippen molar-refractivity contribution in [1.29, 1.82) is 5.26 Å². The molecule has 0 atom stereocenters. The molecule has 4 nitrogen and oxygen atoms in total. The summed E-state index contributed by atoms with van der Waals surface area (Å²) in [4.78, 5) is 8.42. The molecule has 0 radical (unpaired) electrons. The minimum absolute atomic E-state index is 0.0244. The first-order valence-electron chi connectivity index (χ1n) is 6.27. The first-order valence-corrected chi connectivity index (χ1v) is 7.91. The molecule has 0 N–H and O–H groups in total. The van der Waals surface area contributed by atoms with Gasteiger partial charge in [-0.15, -0.1) is 11.3 Å². The predicted molar refractivity (Wildman–Crippen MR) is 85.8 cm³/mol. The van der Waals surface area contributed by atoms with Gasteiger partial charge in [-0.1, -0.05) is 23.2 Å². The Morgan fingerprint density at radius 2 is 2.12 bits per heavy atom. The highest BCUT2D eigenvalue weighted by atomic mass is 35.5. The van der Waals surface area contributed by atoms with Crippen LogP contribution in [0.25, 0.3) is 16.6 Å². The van der Waals surface area contributed by atoms with E-state index >= 15 is 0 Å². The summed E-state index contributed by atoms with van der Waals surface area (Å²) in [6.07, 6.45) is -0.841. The monoisotopic (exact) mass is 388 g/mol. The molecule has 3 aromatic rings. The van der Waals surface area contributed by atoms with Crippen LogP contribution >= 0.6 is 34.5 Å². The lowest BCUT2D eigenvalue weighted by atomic mass is 10.1. The van der Waals surface area contributed by atoms with Gasteiger partial charge in [-0.2, -0.15) is 18.4 Å². The number of fused-ring (bicyclic) bond motifs is 1. The maximum Gasteiger partial charge on any atom is 0.417 e. The number of alkyl halides is 3. The second-order valence-electron chi connectivity index (χ2n) is 4.57. The number of aromatic nitrogens is 3. The number of halogens is 5. The molecule has 10 heteroatoms. The van der Waals surface area contributed by atoms with Crippen LogP contribution in [0.3, 0.4) is 0 Å². The van der Waals surface area contributed by atoms with Gasteiger partial charge in [-0.25, -0.2) is 4.98 Å². The van der Waals surface area contributed by atoms with Gasteiger partial charge < -0.3 is 0 Å². The first kappa shape index (κ1) is 16.8. The summed E-state index contributed by atoms with van der Waals surface area (Å²) < 4.78 is 39.7. The van der Waals surface area contributed by atoms with Gasteiger partial charge in [0.25, 0.3) is 0 Å². The number of imidazole rings is 1. The maximum absolute atomic E-state index is 12.7. The van der Waals surface area contributed by atoms with Gasteiger partial charge in [-0.05, 0) is 12.1 Å². The van der Waals surface area contributed by atoms with Crippen molar-refractivity contribution in [1.82, 2.24) is 14.4 Å². The minimum Gasteiger partial charge on any atom is -0.289 e. The summed E-state index contributed by atoms with van der Waals surface area (Å²) in [7, 11) is 0. The van der Waals surface area contributed by atoms with E-state index in [0.29, 0.717) is 16.9 Å². The molecule has 3 aromatic heterocycles. The van der Waals surface area contributed by atoms with E-state index in [0.717, 1.165) is 6.07 Å². The van der Waals surface area contributed by atoms with Crippen LogP contribution in [0.1, 0.15) is 17.0 Å². The van der Waals surface area contributed by atoms with Crippen LogP contribution in [-0.2, 0) is 6.18 Å². The summed E-state index contributed by atoms with van der Waals surface area (Å²) >= 11 is 13.3. The zero-order valence-corrected chi connectivity index (χ0v) is 13.8. The van der Waals surface area contributed by atoms with Gasteiger partial charge in [0.2, 0.25) is 0 Å². The molecule has 122 valence electrons. The zero-order chi connectivity index (χ0) is 17.5. The molecule has 0 aliphatic rings. The third-order valence-corrected chi connectivity index (χ3v) is 4.40. The van der Waals surface area contributed by atoms with E-state index in [2.05, 4.69) is 9.97 Å². The van der Waals surface area contributed by atoms with Gasteiger partial charge in [0, 0.05) is 17.8 Å². The van der Waals surface area contributed by atoms with Crippen LogP contribution in [0.15, 0.2) is 23.8 Å². The van der Waals surface area contributed by atoms with E-state index in [4.69, 9.17) is 23.2 Å². The Morgan fingerprint density at radius 3 is 2.75 bits per heavy atom. The molecule has 0 unspecified atom stereocenters. The normalized spacial score (nSPS) is 12.6. The Morgan fingerprint density at radius 1 is 1.38 bits per heavy atom. The molecule has 0 aliphatic heterocycles. The van der Waals surface area contributed by atoms with Crippen molar-refractivity contribution < 1.29 is 13.2 Å². The fourth-order valence-corrected chi connectivity index (χ4v) is 3.25. The Bertz CT molecular complexity index is 998. The second-order valence-corrected chi connectivity index (χ2v) is 6.20. The van der Waals surface area contributed by atoms with E-state index in [-0.39, 0.29) is 21.4 Å². The van der Waals surface area contributed by atoms with E-state index in [9.17, 15) is 18.4 Å². The maximum atomic E-state index is 12.7. The minimum atomic E-state index is -4.57. The Labute approximate surface area is 147 Å². The Kier molecular flexibility index (Phi) is 4.25. The third-order valence-electron chi connectivity index (χ3n) is 3.08. The van der Waals surface area contributed by atoms with Crippen LogP contribution in [0.5, 0.6) is 0 Å². The molecular weight excluding hydrogens is 384 g/mol. The molecule has 0 bridgehead atoms. The highest BCUT2D eigenvalue weighted by molar-refractivity contribution is 7.15. The lowest BCUT2D eigenvalue weighted by Gasteiger charge is -2.08. The first-order chi connectivity index (χ1) is 11.3. The summed E-state index contributed by atoms with van der Waals surface area (Å²) in [6, 6.07) is 2.61. The van der Waals surface area contributed by atoms with E-state index in [1.807, 2.05) is 6.07 Å². The molecule has 24 heavy (non-hydrogen) atoms. The predicted octanol–water partition coefficient (Wildman–Crippen LogP) is 5.18. The molecule has 3 rings (SSSR count). The van der Waals surface area contributed by atoms with Gasteiger partial charge >= 0.3 is 6.18 Å². The number of rotatable bonds is 2. The van der Waals surface area contributed by atoms with Crippen molar-refractivity contribution in [3.05, 3.63) is 51.0 Å². The number of allylic oxidation sites excluding steroid dienone is 1. The number of nitrogens with zero attached hydrogens (tertiary/aromatic N) is 4. The number of nitriles is 1. The van der Waals surface area contributed by atoms with E-state index in [1.165, 1.54) is 17.4 Å². The van der Waals surface area contributed by atoms with Gasteiger partial charge in [0.05, 0.1) is 27.5 Å². The molecule has 0 fully saturated rings. The molecule has 0 aliphatic carbocycles. The number of pyridine rings is 1. The SMILES string of the molecule is N#CC(=Cc1c(Cl)nc2sccn12)c1ncc(C(F)(F)F)cc1Cl. The van der Waals surface area contributed by atoms with Crippen LogP contribution < -0.4 is 0 Å².